The van der Waals surface area contributed by atoms with Crippen molar-refractivity contribution in [2.75, 3.05) is 25.1 Å². The van der Waals surface area contributed by atoms with E-state index >= 15 is 0 Å². The average molecular weight is 322 g/mol. The molecule has 1 amide bonds. The minimum Gasteiger partial charge on any atom is -0.497 e. The standard InChI is InChI=1S/C20H22N2O2/c1-24-16-11-9-15(10-12-16)5-4-7-18-17-6-2-3-8-19(17)22(14-13-21)20(18)23/h2-3,6-12H,4-5,13-14,21H2,1H3/b18-7+. The monoisotopic (exact) mass is 322 g/mol. The molecule has 0 saturated heterocycles. The van der Waals surface area contributed by atoms with Crippen molar-refractivity contribution in [1.29, 1.82) is 0 Å². The Bertz CT molecular complexity index is 750. The minimum atomic E-state index is 0.0522. The zero-order chi connectivity index (χ0) is 16.9. The first-order chi connectivity index (χ1) is 11.7. The van der Waals surface area contributed by atoms with Gasteiger partial charge in [-0.15, -0.1) is 0 Å². The van der Waals surface area contributed by atoms with Gasteiger partial charge in [0, 0.05) is 24.2 Å². The van der Waals surface area contributed by atoms with Crippen molar-refractivity contribution < 1.29 is 9.53 Å². The van der Waals surface area contributed by atoms with Crippen molar-refractivity contribution in [2.24, 2.45) is 5.73 Å². The van der Waals surface area contributed by atoms with Crippen LogP contribution in [-0.2, 0) is 11.2 Å². The van der Waals surface area contributed by atoms with E-state index in [-0.39, 0.29) is 5.91 Å². The predicted octanol–water partition coefficient (Wildman–Crippen LogP) is 3.02. The predicted molar refractivity (Wildman–Crippen MR) is 97.1 cm³/mol. The quantitative estimate of drug-likeness (QED) is 0.832. The number of para-hydroxylation sites is 1. The first-order valence-electron chi connectivity index (χ1n) is 8.19. The van der Waals surface area contributed by atoms with Crippen molar-refractivity contribution in [3.8, 4) is 5.75 Å². The zero-order valence-corrected chi connectivity index (χ0v) is 13.9. The molecule has 4 nitrogen and oxygen atoms in total. The van der Waals surface area contributed by atoms with Crippen LogP contribution in [-0.4, -0.2) is 26.1 Å². The molecule has 0 aliphatic carbocycles. The summed E-state index contributed by atoms with van der Waals surface area (Å²) in [5.41, 5.74) is 9.63. The highest BCUT2D eigenvalue weighted by atomic mass is 16.5. The fourth-order valence-electron chi connectivity index (χ4n) is 3.03. The van der Waals surface area contributed by atoms with Gasteiger partial charge in [-0.25, -0.2) is 0 Å². The lowest BCUT2D eigenvalue weighted by molar-refractivity contribution is -0.113. The molecule has 0 fully saturated rings. The number of benzene rings is 2. The second-order valence-corrected chi connectivity index (χ2v) is 5.77. The number of carbonyl (C=O) groups is 1. The summed E-state index contributed by atoms with van der Waals surface area (Å²) in [6.07, 6.45) is 3.75. The third-order valence-electron chi connectivity index (χ3n) is 4.25. The molecule has 2 aromatic rings. The van der Waals surface area contributed by atoms with Crippen LogP contribution in [0.25, 0.3) is 5.57 Å². The van der Waals surface area contributed by atoms with Crippen molar-refractivity contribution in [3.05, 3.63) is 65.7 Å². The van der Waals surface area contributed by atoms with Crippen molar-refractivity contribution in [1.82, 2.24) is 0 Å². The van der Waals surface area contributed by atoms with E-state index in [0.29, 0.717) is 13.1 Å². The van der Waals surface area contributed by atoms with Gasteiger partial charge in [-0.05, 0) is 36.6 Å². The Morgan fingerprint density at radius 1 is 1.12 bits per heavy atom. The maximum Gasteiger partial charge on any atom is 0.258 e. The van der Waals surface area contributed by atoms with Crippen LogP contribution >= 0.6 is 0 Å². The second kappa shape index (κ2) is 7.32. The maximum atomic E-state index is 12.7. The van der Waals surface area contributed by atoms with Crippen LogP contribution in [0, 0.1) is 0 Å². The summed E-state index contributed by atoms with van der Waals surface area (Å²) in [5.74, 6) is 0.908. The molecular weight excluding hydrogens is 300 g/mol. The highest BCUT2D eigenvalue weighted by Crippen LogP contribution is 2.36. The Morgan fingerprint density at radius 2 is 1.88 bits per heavy atom. The summed E-state index contributed by atoms with van der Waals surface area (Å²) in [6.45, 7) is 1.00. The number of allylic oxidation sites excluding steroid dienone is 1. The van der Waals surface area contributed by atoms with E-state index in [1.165, 1.54) is 5.56 Å². The summed E-state index contributed by atoms with van der Waals surface area (Å²) in [7, 11) is 1.66. The first kappa shape index (κ1) is 16.3. The van der Waals surface area contributed by atoms with E-state index in [4.69, 9.17) is 10.5 Å². The fraction of sp³-hybridized carbons (Fsp3) is 0.250. The summed E-state index contributed by atoms with van der Waals surface area (Å²) in [6, 6.07) is 15.9. The largest absolute Gasteiger partial charge is 0.497 e. The Labute approximate surface area is 142 Å². The van der Waals surface area contributed by atoms with Crippen molar-refractivity contribution in [2.45, 2.75) is 12.8 Å². The number of hydrogen-bond donors (Lipinski definition) is 1. The number of aryl methyl sites for hydroxylation is 1. The summed E-state index contributed by atoms with van der Waals surface area (Å²) in [4.78, 5) is 14.4. The molecule has 1 heterocycles. The molecule has 2 N–H and O–H groups in total. The van der Waals surface area contributed by atoms with E-state index in [1.54, 1.807) is 12.0 Å². The van der Waals surface area contributed by atoms with Gasteiger partial charge in [0.15, 0.2) is 0 Å². The van der Waals surface area contributed by atoms with E-state index in [9.17, 15) is 4.79 Å². The Kier molecular flexibility index (Phi) is 4.96. The summed E-state index contributed by atoms with van der Waals surface area (Å²) < 4.78 is 5.17. The van der Waals surface area contributed by atoms with Crippen molar-refractivity contribution >= 4 is 17.2 Å². The highest BCUT2D eigenvalue weighted by Gasteiger charge is 2.30. The topological polar surface area (TPSA) is 55.6 Å². The molecule has 24 heavy (non-hydrogen) atoms. The van der Waals surface area contributed by atoms with E-state index in [0.717, 1.165) is 35.4 Å². The lowest BCUT2D eigenvalue weighted by Crippen LogP contribution is -2.31. The summed E-state index contributed by atoms with van der Waals surface area (Å²) in [5, 5.41) is 0. The Hall–Kier alpha value is -2.59. The molecule has 0 spiro atoms. The van der Waals surface area contributed by atoms with Crippen LogP contribution in [0.15, 0.2) is 54.6 Å². The SMILES string of the molecule is COc1ccc(CC/C=C2/C(=O)N(CCN)c3ccccc32)cc1. The second-order valence-electron chi connectivity index (χ2n) is 5.77. The van der Waals surface area contributed by atoms with Gasteiger partial charge in [-0.1, -0.05) is 36.4 Å². The molecule has 3 rings (SSSR count). The number of methoxy groups -OCH3 is 1. The first-order valence-corrected chi connectivity index (χ1v) is 8.19. The Morgan fingerprint density at radius 3 is 2.58 bits per heavy atom. The van der Waals surface area contributed by atoms with E-state index in [2.05, 4.69) is 12.1 Å². The van der Waals surface area contributed by atoms with Crippen LogP contribution in [0.5, 0.6) is 5.75 Å². The lowest BCUT2D eigenvalue weighted by Gasteiger charge is -2.15. The van der Waals surface area contributed by atoms with Gasteiger partial charge < -0.3 is 15.4 Å². The van der Waals surface area contributed by atoms with Gasteiger partial charge in [-0.3, -0.25) is 4.79 Å². The maximum absolute atomic E-state index is 12.7. The summed E-state index contributed by atoms with van der Waals surface area (Å²) >= 11 is 0. The number of amides is 1. The van der Waals surface area contributed by atoms with E-state index in [1.807, 2.05) is 42.5 Å². The van der Waals surface area contributed by atoms with Crippen LogP contribution in [0.4, 0.5) is 5.69 Å². The van der Waals surface area contributed by atoms with Crippen LogP contribution < -0.4 is 15.4 Å². The van der Waals surface area contributed by atoms with Crippen LogP contribution in [0.2, 0.25) is 0 Å². The number of rotatable bonds is 6. The molecule has 0 saturated carbocycles. The molecular formula is C20H22N2O2. The molecule has 1 aliphatic rings. The smallest absolute Gasteiger partial charge is 0.258 e. The molecule has 124 valence electrons. The van der Waals surface area contributed by atoms with Gasteiger partial charge in [0.2, 0.25) is 0 Å². The van der Waals surface area contributed by atoms with Gasteiger partial charge >= 0.3 is 0 Å². The number of nitrogens with zero attached hydrogens (tertiary/aromatic N) is 1. The molecule has 0 atom stereocenters. The number of anilines is 1. The molecule has 0 unspecified atom stereocenters. The molecule has 2 aromatic carbocycles. The zero-order valence-electron chi connectivity index (χ0n) is 13.9. The number of fused-ring (bicyclic) bond motifs is 1. The molecule has 4 heteroatoms. The molecule has 0 aromatic heterocycles. The third kappa shape index (κ3) is 3.19. The van der Waals surface area contributed by atoms with Crippen LogP contribution in [0.1, 0.15) is 17.5 Å². The number of carbonyl (C=O) groups excluding carboxylic acids is 1. The number of hydrogen-bond acceptors (Lipinski definition) is 3. The van der Waals surface area contributed by atoms with Gasteiger partial charge in [0.25, 0.3) is 5.91 Å². The van der Waals surface area contributed by atoms with Gasteiger partial charge in [0.1, 0.15) is 5.75 Å². The third-order valence-corrected chi connectivity index (χ3v) is 4.25. The Balaban J connectivity index is 1.75. The van der Waals surface area contributed by atoms with Gasteiger partial charge in [-0.2, -0.15) is 0 Å². The molecule has 0 bridgehead atoms. The minimum absolute atomic E-state index is 0.0522. The fourth-order valence-corrected chi connectivity index (χ4v) is 3.03. The number of nitrogens with two attached hydrogens (primary N) is 1. The average Bonchev–Trinajstić information content (AvgIpc) is 2.88. The van der Waals surface area contributed by atoms with E-state index < -0.39 is 0 Å². The molecule has 1 aliphatic heterocycles. The lowest BCUT2D eigenvalue weighted by atomic mass is 10.0. The van der Waals surface area contributed by atoms with Crippen molar-refractivity contribution in [3.63, 3.8) is 0 Å². The normalized spacial score (nSPS) is 15.0. The van der Waals surface area contributed by atoms with Gasteiger partial charge in [0.05, 0.1) is 12.8 Å². The number of ether oxygens (including phenoxy) is 1. The molecule has 0 radical (unpaired) electrons. The highest BCUT2D eigenvalue weighted by molar-refractivity contribution is 6.32. The van der Waals surface area contributed by atoms with Crippen LogP contribution in [0.3, 0.4) is 0 Å².